The highest BCUT2D eigenvalue weighted by molar-refractivity contribution is 7.97. The molecule has 1 saturated heterocycles. The summed E-state index contributed by atoms with van der Waals surface area (Å²) in [5, 5.41) is 0. The smallest absolute Gasteiger partial charge is 0.140 e. The Morgan fingerprint density at radius 3 is 3.19 bits per heavy atom. The Labute approximate surface area is 97.7 Å². The maximum Gasteiger partial charge on any atom is 0.140 e. The molecule has 2 rings (SSSR count). The van der Waals surface area contributed by atoms with Crippen molar-refractivity contribution < 1.29 is 13.9 Å². The molecule has 1 aliphatic heterocycles. The van der Waals surface area contributed by atoms with Crippen LogP contribution in [0.1, 0.15) is 0 Å². The first kappa shape index (κ1) is 11.6. The van der Waals surface area contributed by atoms with Gasteiger partial charge >= 0.3 is 0 Å². The predicted molar refractivity (Wildman–Crippen MR) is 59.6 cm³/mol. The van der Waals surface area contributed by atoms with Gasteiger partial charge in [-0.2, -0.15) is 0 Å². The van der Waals surface area contributed by atoms with Crippen LogP contribution in [0.4, 0.5) is 4.39 Å². The minimum absolute atomic E-state index is 0.248. The third-order valence-corrected chi connectivity index (χ3v) is 3.44. The van der Waals surface area contributed by atoms with E-state index in [4.69, 9.17) is 4.74 Å². The molecule has 1 aliphatic rings. The molecule has 1 heterocycles. The van der Waals surface area contributed by atoms with Crippen molar-refractivity contribution in [2.75, 3.05) is 19.8 Å². The molecule has 3 nitrogen and oxygen atoms in total. The first-order valence-electron chi connectivity index (χ1n) is 5.03. The number of benzene rings is 1. The highest BCUT2D eigenvalue weighted by Gasteiger charge is 2.23. The number of aldehydes is 1. The third-order valence-electron chi connectivity index (χ3n) is 2.29. The summed E-state index contributed by atoms with van der Waals surface area (Å²) >= 11 is 1.39. The highest BCUT2D eigenvalue weighted by atomic mass is 32.2. The van der Waals surface area contributed by atoms with E-state index in [2.05, 4.69) is 0 Å². The predicted octanol–water partition coefficient (Wildman–Crippen LogP) is 1.73. The first-order valence-corrected chi connectivity index (χ1v) is 5.80. The Kier molecular flexibility index (Phi) is 3.93. The molecule has 0 N–H and O–H groups in total. The van der Waals surface area contributed by atoms with Crippen LogP contribution in [0.3, 0.4) is 0 Å². The number of hydrogen-bond donors (Lipinski definition) is 0. The molecule has 5 heteroatoms. The molecule has 0 saturated carbocycles. The molecule has 0 radical (unpaired) electrons. The molecule has 0 amide bonds. The van der Waals surface area contributed by atoms with Crippen LogP contribution in [-0.2, 0) is 9.53 Å². The quantitative estimate of drug-likeness (QED) is 0.595. The minimum atomic E-state index is -0.263. The van der Waals surface area contributed by atoms with Crippen molar-refractivity contribution in [2.45, 2.75) is 10.9 Å². The summed E-state index contributed by atoms with van der Waals surface area (Å²) in [6.45, 7) is 1.68. The Balaban J connectivity index is 2.04. The summed E-state index contributed by atoms with van der Waals surface area (Å²) in [5.41, 5.74) is 0. The second-order valence-electron chi connectivity index (χ2n) is 3.47. The Morgan fingerprint density at radius 2 is 2.44 bits per heavy atom. The maximum atomic E-state index is 13.0. The molecule has 1 aromatic rings. The summed E-state index contributed by atoms with van der Waals surface area (Å²) < 4.78 is 20.1. The lowest BCUT2D eigenvalue weighted by molar-refractivity contribution is -0.114. The lowest BCUT2D eigenvalue weighted by Crippen LogP contribution is -2.42. The van der Waals surface area contributed by atoms with E-state index < -0.39 is 0 Å². The van der Waals surface area contributed by atoms with Gasteiger partial charge in [0.1, 0.15) is 12.1 Å². The van der Waals surface area contributed by atoms with E-state index >= 15 is 0 Å². The zero-order valence-electron chi connectivity index (χ0n) is 8.64. The molecule has 1 fully saturated rings. The monoisotopic (exact) mass is 241 g/mol. The van der Waals surface area contributed by atoms with Crippen LogP contribution in [-0.4, -0.2) is 36.4 Å². The first-order chi connectivity index (χ1) is 7.79. The van der Waals surface area contributed by atoms with Crippen molar-refractivity contribution in [1.82, 2.24) is 4.31 Å². The normalized spacial score (nSPS) is 21.9. The van der Waals surface area contributed by atoms with E-state index in [1.165, 1.54) is 24.1 Å². The fourth-order valence-corrected chi connectivity index (χ4v) is 2.47. The molecule has 1 aromatic carbocycles. The number of nitrogens with zero attached hydrogens (tertiary/aromatic N) is 1. The van der Waals surface area contributed by atoms with Gasteiger partial charge in [-0.3, -0.25) is 0 Å². The number of carbonyl (C=O) groups excluding carboxylic acids is 1. The summed E-state index contributed by atoms with van der Waals surface area (Å²) in [7, 11) is 0. The van der Waals surface area contributed by atoms with Crippen LogP contribution in [0.2, 0.25) is 0 Å². The number of hydrogen-bond acceptors (Lipinski definition) is 4. The van der Waals surface area contributed by atoms with Gasteiger partial charge in [0.15, 0.2) is 0 Å². The van der Waals surface area contributed by atoms with Gasteiger partial charge < -0.3 is 9.53 Å². The average molecular weight is 241 g/mol. The van der Waals surface area contributed by atoms with Crippen LogP contribution in [0.5, 0.6) is 0 Å². The van der Waals surface area contributed by atoms with Gasteiger partial charge in [0.2, 0.25) is 0 Å². The summed E-state index contributed by atoms with van der Waals surface area (Å²) in [6, 6.07) is 6.10. The summed E-state index contributed by atoms with van der Waals surface area (Å²) in [4.78, 5) is 11.6. The van der Waals surface area contributed by atoms with E-state index in [0.717, 1.165) is 11.2 Å². The van der Waals surface area contributed by atoms with E-state index in [0.29, 0.717) is 19.8 Å². The van der Waals surface area contributed by atoms with Crippen LogP contribution in [0, 0.1) is 5.82 Å². The Bertz CT molecular complexity index is 375. The number of halogens is 1. The SMILES string of the molecule is O=CC1COCCN1Sc1cccc(F)c1. The number of ether oxygens (including phenoxy) is 1. The van der Waals surface area contributed by atoms with Gasteiger partial charge in [0, 0.05) is 11.4 Å². The summed E-state index contributed by atoms with van der Waals surface area (Å²) in [6.07, 6.45) is 0.867. The Morgan fingerprint density at radius 1 is 1.56 bits per heavy atom. The van der Waals surface area contributed by atoms with E-state index in [9.17, 15) is 9.18 Å². The molecule has 0 aromatic heterocycles. The van der Waals surface area contributed by atoms with Crippen molar-refractivity contribution in [3.63, 3.8) is 0 Å². The van der Waals surface area contributed by atoms with Gasteiger partial charge in [0.25, 0.3) is 0 Å². The van der Waals surface area contributed by atoms with Crippen molar-refractivity contribution in [3.8, 4) is 0 Å². The second kappa shape index (κ2) is 5.43. The van der Waals surface area contributed by atoms with Crippen LogP contribution < -0.4 is 0 Å². The van der Waals surface area contributed by atoms with Gasteiger partial charge in [-0.15, -0.1) is 0 Å². The van der Waals surface area contributed by atoms with E-state index in [1.807, 2.05) is 10.4 Å². The van der Waals surface area contributed by atoms with Crippen molar-refractivity contribution in [3.05, 3.63) is 30.1 Å². The Hall–Kier alpha value is -0.910. The van der Waals surface area contributed by atoms with Crippen molar-refractivity contribution in [2.24, 2.45) is 0 Å². The fraction of sp³-hybridized carbons (Fsp3) is 0.364. The fourth-order valence-electron chi connectivity index (χ4n) is 1.49. The standard InChI is InChI=1S/C11H12FNO2S/c12-9-2-1-3-11(6-9)16-13-4-5-15-8-10(13)7-14/h1-3,6-7,10H,4-5,8H2. The van der Waals surface area contributed by atoms with Gasteiger partial charge in [-0.25, -0.2) is 8.70 Å². The number of rotatable bonds is 3. The molecule has 0 aliphatic carbocycles. The molecule has 16 heavy (non-hydrogen) atoms. The summed E-state index contributed by atoms with van der Waals surface area (Å²) in [5.74, 6) is -0.263. The minimum Gasteiger partial charge on any atom is -0.378 e. The lowest BCUT2D eigenvalue weighted by Gasteiger charge is -2.30. The zero-order valence-corrected chi connectivity index (χ0v) is 9.45. The topological polar surface area (TPSA) is 29.5 Å². The molecular formula is C11H12FNO2S. The zero-order chi connectivity index (χ0) is 11.4. The van der Waals surface area contributed by atoms with E-state index in [1.54, 1.807) is 6.07 Å². The third kappa shape index (κ3) is 2.81. The molecule has 86 valence electrons. The average Bonchev–Trinajstić information content (AvgIpc) is 2.30. The highest BCUT2D eigenvalue weighted by Crippen LogP contribution is 2.26. The van der Waals surface area contributed by atoms with E-state index in [-0.39, 0.29) is 11.9 Å². The molecule has 1 atom stereocenters. The number of morpholine rings is 1. The maximum absolute atomic E-state index is 13.0. The van der Waals surface area contributed by atoms with Crippen molar-refractivity contribution in [1.29, 1.82) is 0 Å². The molecule has 0 bridgehead atoms. The largest absolute Gasteiger partial charge is 0.378 e. The molecular weight excluding hydrogens is 229 g/mol. The molecule has 0 spiro atoms. The molecule has 1 unspecified atom stereocenters. The lowest BCUT2D eigenvalue weighted by atomic mass is 10.3. The second-order valence-corrected chi connectivity index (χ2v) is 4.59. The van der Waals surface area contributed by atoms with Crippen LogP contribution in [0.25, 0.3) is 0 Å². The van der Waals surface area contributed by atoms with Gasteiger partial charge in [-0.1, -0.05) is 6.07 Å². The van der Waals surface area contributed by atoms with Gasteiger partial charge in [0.05, 0.1) is 19.3 Å². The van der Waals surface area contributed by atoms with Crippen molar-refractivity contribution >= 4 is 18.2 Å². The van der Waals surface area contributed by atoms with Crippen LogP contribution in [0.15, 0.2) is 29.2 Å². The number of carbonyl (C=O) groups is 1. The van der Waals surface area contributed by atoms with Gasteiger partial charge in [-0.05, 0) is 30.1 Å². The van der Waals surface area contributed by atoms with Crippen LogP contribution >= 0.6 is 11.9 Å².